The lowest BCUT2D eigenvalue weighted by molar-refractivity contribution is 0.322. The molecule has 3 aromatic rings. The molecule has 0 aliphatic heterocycles. The van der Waals surface area contributed by atoms with E-state index in [1.165, 1.54) is 5.56 Å². The van der Waals surface area contributed by atoms with Crippen molar-refractivity contribution in [3.8, 4) is 0 Å². The Kier molecular flexibility index (Phi) is 8.32. The van der Waals surface area contributed by atoms with Crippen LogP contribution in [0.25, 0.3) is 10.9 Å². The van der Waals surface area contributed by atoms with Crippen LogP contribution in [0.1, 0.15) is 31.0 Å². The zero-order valence-electron chi connectivity index (χ0n) is 14.8. The molecule has 140 valence electrons. The van der Waals surface area contributed by atoms with E-state index in [2.05, 4.69) is 36.3 Å². The molecule has 1 atom stereocenters. The van der Waals surface area contributed by atoms with E-state index >= 15 is 0 Å². The second-order valence-corrected chi connectivity index (χ2v) is 7.04. The number of fused-ring (bicyclic) bond motifs is 1. The summed E-state index contributed by atoms with van der Waals surface area (Å²) >= 11 is 6.07. The van der Waals surface area contributed by atoms with Crippen molar-refractivity contribution in [3.05, 3.63) is 76.9 Å². The second kappa shape index (κ2) is 9.54. The minimum Gasteiger partial charge on any atom is -0.322 e. The van der Waals surface area contributed by atoms with E-state index in [0.717, 1.165) is 23.0 Å². The van der Waals surface area contributed by atoms with Crippen molar-refractivity contribution in [2.75, 3.05) is 0 Å². The molecule has 0 saturated heterocycles. The first-order chi connectivity index (χ1) is 11.5. The Bertz CT molecular complexity index is 838. The van der Waals surface area contributed by atoms with Gasteiger partial charge in [0.15, 0.2) is 0 Å². The van der Waals surface area contributed by atoms with Gasteiger partial charge in [-0.3, -0.25) is 4.98 Å². The highest BCUT2D eigenvalue weighted by atomic mass is 35.5. The van der Waals surface area contributed by atoms with Gasteiger partial charge in [0.1, 0.15) is 0 Å². The Morgan fingerprint density at radius 1 is 1.08 bits per heavy atom. The first-order valence-electron chi connectivity index (χ1n) is 8.06. The molecule has 6 heteroatoms. The standard InChI is InChI=1S/C20H22ClN3.2ClH/c1-20(2,24-13-14-6-4-3-5-7-14)19(22)17-10-11-23-18-12-15(21)8-9-16(17)18;;/h3-12,19,24H,13,22H2,1-2H3;2*1H. The van der Waals surface area contributed by atoms with Crippen molar-refractivity contribution >= 4 is 47.3 Å². The second-order valence-electron chi connectivity index (χ2n) is 6.60. The van der Waals surface area contributed by atoms with Gasteiger partial charge in [-0.25, -0.2) is 0 Å². The van der Waals surface area contributed by atoms with Crippen LogP contribution < -0.4 is 11.1 Å². The van der Waals surface area contributed by atoms with Crippen LogP contribution in [0.5, 0.6) is 0 Å². The molecule has 26 heavy (non-hydrogen) atoms. The van der Waals surface area contributed by atoms with Crippen molar-refractivity contribution < 1.29 is 0 Å². The number of benzene rings is 2. The smallest absolute Gasteiger partial charge is 0.0720 e. The van der Waals surface area contributed by atoms with E-state index in [9.17, 15) is 0 Å². The van der Waals surface area contributed by atoms with Gasteiger partial charge in [-0.05, 0) is 43.2 Å². The van der Waals surface area contributed by atoms with Gasteiger partial charge >= 0.3 is 0 Å². The van der Waals surface area contributed by atoms with E-state index in [1.54, 1.807) is 6.20 Å². The summed E-state index contributed by atoms with van der Waals surface area (Å²) in [6.07, 6.45) is 1.79. The Balaban J connectivity index is 0.00000169. The number of rotatable bonds is 5. The number of nitrogens with two attached hydrogens (primary N) is 1. The van der Waals surface area contributed by atoms with Crippen LogP contribution >= 0.6 is 36.4 Å². The molecule has 1 heterocycles. The fourth-order valence-electron chi connectivity index (χ4n) is 2.84. The molecule has 0 fully saturated rings. The van der Waals surface area contributed by atoms with Crippen LogP contribution in [-0.4, -0.2) is 10.5 Å². The normalized spacial score (nSPS) is 12.2. The van der Waals surface area contributed by atoms with Gasteiger partial charge in [-0.15, -0.1) is 24.8 Å². The van der Waals surface area contributed by atoms with E-state index in [1.807, 2.05) is 42.5 Å². The molecular formula is C20H24Cl3N3. The van der Waals surface area contributed by atoms with Crippen molar-refractivity contribution in [3.63, 3.8) is 0 Å². The Labute approximate surface area is 172 Å². The number of hydrogen-bond acceptors (Lipinski definition) is 3. The van der Waals surface area contributed by atoms with Gasteiger partial charge in [0, 0.05) is 34.7 Å². The minimum atomic E-state index is -0.274. The lowest BCUT2D eigenvalue weighted by Crippen LogP contribution is -2.48. The molecule has 3 nitrogen and oxygen atoms in total. The predicted octanol–water partition coefficient (Wildman–Crippen LogP) is 5.30. The maximum Gasteiger partial charge on any atom is 0.0720 e. The molecule has 0 spiro atoms. The number of aromatic nitrogens is 1. The van der Waals surface area contributed by atoms with E-state index < -0.39 is 0 Å². The molecule has 0 bridgehead atoms. The first kappa shape index (κ1) is 22.7. The van der Waals surface area contributed by atoms with Gasteiger partial charge in [-0.2, -0.15) is 0 Å². The number of halogens is 3. The third-order valence-corrected chi connectivity index (χ3v) is 4.68. The average molecular weight is 413 g/mol. The molecule has 0 radical (unpaired) electrons. The largest absolute Gasteiger partial charge is 0.322 e. The van der Waals surface area contributed by atoms with E-state index in [-0.39, 0.29) is 36.4 Å². The lowest BCUT2D eigenvalue weighted by atomic mass is 9.87. The summed E-state index contributed by atoms with van der Waals surface area (Å²) in [6.45, 7) is 5.03. The summed E-state index contributed by atoms with van der Waals surface area (Å²) in [4.78, 5) is 4.40. The van der Waals surface area contributed by atoms with Gasteiger partial charge in [-0.1, -0.05) is 48.0 Å². The minimum absolute atomic E-state index is 0. The molecule has 1 aromatic heterocycles. The van der Waals surface area contributed by atoms with Gasteiger partial charge in [0.25, 0.3) is 0 Å². The molecule has 2 aromatic carbocycles. The lowest BCUT2D eigenvalue weighted by Gasteiger charge is -2.34. The van der Waals surface area contributed by atoms with E-state index in [4.69, 9.17) is 17.3 Å². The monoisotopic (exact) mass is 411 g/mol. The first-order valence-corrected chi connectivity index (χ1v) is 8.44. The van der Waals surface area contributed by atoms with Crippen molar-refractivity contribution in [2.24, 2.45) is 5.73 Å². The summed E-state index contributed by atoms with van der Waals surface area (Å²) in [7, 11) is 0. The highest BCUT2D eigenvalue weighted by molar-refractivity contribution is 6.31. The van der Waals surface area contributed by atoms with Crippen LogP contribution in [0.4, 0.5) is 0 Å². The van der Waals surface area contributed by atoms with Gasteiger partial charge < -0.3 is 11.1 Å². The zero-order valence-corrected chi connectivity index (χ0v) is 17.2. The van der Waals surface area contributed by atoms with Gasteiger partial charge in [0.05, 0.1) is 5.52 Å². The van der Waals surface area contributed by atoms with Crippen molar-refractivity contribution in [2.45, 2.75) is 32.0 Å². The molecule has 3 rings (SSSR count). The third-order valence-electron chi connectivity index (χ3n) is 4.44. The van der Waals surface area contributed by atoms with Crippen LogP contribution in [0.15, 0.2) is 60.8 Å². The number of hydrogen-bond donors (Lipinski definition) is 2. The number of nitrogens with one attached hydrogen (secondary N) is 1. The maximum absolute atomic E-state index is 6.62. The third kappa shape index (κ3) is 5.09. The topological polar surface area (TPSA) is 50.9 Å². The highest BCUT2D eigenvalue weighted by Crippen LogP contribution is 2.30. The van der Waals surface area contributed by atoms with E-state index in [0.29, 0.717) is 5.02 Å². The SMILES string of the molecule is CC(C)(NCc1ccccc1)C(N)c1ccnc2cc(Cl)ccc12.Cl.Cl. The Hall–Kier alpha value is -1.36. The molecule has 0 aliphatic rings. The summed E-state index contributed by atoms with van der Waals surface area (Å²) in [5.74, 6) is 0. The molecule has 0 amide bonds. The van der Waals surface area contributed by atoms with Crippen LogP contribution in [0.2, 0.25) is 5.02 Å². The summed E-state index contributed by atoms with van der Waals surface area (Å²) in [6, 6.07) is 17.9. The summed E-state index contributed by atoms with van der Waals surface area (Å²) in [5.41, 5.74) is 9.52. The van der Waals surface area contributed by atoms with Gasteiger partial charge in [0.2, 0.25) is 0 Å². The molecule has 0 aliphatic carbocycles. The molecule has 3 N–H and O–H groups in total. The number of pyridine rings is 1. The summed E-state index contributed by atoms with van der Waals surface area (Å²) in [5, 5.41) is 5.31. The van der Waals surface area contributed by atoms with Crippen molar-refractivity contribution in [1.82, 2.24) is 10.3 Å². The fourth-order valence-corrected chi connectivity index (χ4v) is 3.01. The fraction of sp³-hybridized carbons (Fsp3) is 0.250. The van der Waals surface area contributed by atoms with Crippen LogP contribution in [0, 0.1) is 0 Å². The predicted molar refractivity (Wildman–Crippen MR) is 116 cm³/mol. The zero-order chi connectivity index (χ0) is 17.2. The number of nitrogens with zero attached hydrogens (tertiary/aromatic N) is 1. The molecular weight excluding hydrogens is 389 g/mol. The Morgan fingerprint density at radius 3 is 2.46 bits per heavy atom. The van der Waals surface area contributed by atoms with Crippen LogP contribution in [0.3, 0.4) is 0 Å². The molecule has 0 saturated carbocycles. The van der Waals surface area contributed by atoms with Crippen molar-refractivity contribution in [1.29, 1.82) is 0 Å². The Morgan fingerprint density at radius 2 is 1.77 bits per heavy atom. The average Bonchev–Trinajstić information content (AvgIpc) is 2.59. The van der Waals surface area contributed by atoms with Crippen LogP contribution in [-0.2, 0) is 6.54 Å². The maximum atomic E-state index is 6.62. The molecule has 1 unspecified atom stereocenters. The quantitative estimate of drug-likeness (QED) is 0.598. The summed E-state index contributed by atoms with van der Waals surface area (Å²) < 4.78 is 0. The highest BCUT2D eigenvalue weighted by Gasteiger charge is 2.28.